The molecular weight excluding hydrogens is 332 g/mol. The van der Waals surface area contributed by atoms with Gasteiger partial charge in [-0.3, -0.25) is 14.2 Å². The number of carbonyl (C=O) groups is 1. The average Bonchev–Trinajstić information content (AvgIpc) is 2.65. The van der Waals surface area contributed by atoms with Crippen molar-refractivity contribution in [2.75, 3.05) is 20.1 Å². The van der Waals surface area contributed by atoms with E-state index >= 15 is 0 Å². The highest BCUT2D eigenvalue weighted by Crippen LogP contribution is 2.21. The van der Waals surface area contributed by atoms with Crippen LogP contribution < -0.4 is 16.6 Å². The first-order chi connectivity index (χ1) is 12.4. The first-order valence-electron chi connectivity index (χ1n) is 9.33. The van der Waals surface area contributed by atoms with E-state index in [4.69, 9.17) is 0 Å². The first-order valence-corrected chi connectivity index (χ1v) is 9.33. The molecule has 0 radical (unpaired) electrons. The maximum Gasteiger partial charge on any atom is 0.330 e. The Labute approximate surface area is 154 Å². The first kappa shape index (κ1) is 20.2. The van der Waals surface area contributed by atoms with Gasteiger partial charge in [-0.15, -0.1) is 0 Å². The van der Waals surface area contributed by atoms with Crippen LogP contribution in [0, 0.1) is 0 Å². The Morgan fingerprint density at radius 3 is 2.65 bits per heavy atom. The number of rotatable bonds is 7. The van der Waals surface area contributed by atoms with E-state index in [2.05, 4.69) is 17.3 Å². The van der Waals surface area contributed by atoms with Gasteiger partial charge in [-0.25, -0.2) is 4.79 Å². The number of aromatic nitrogens is 2. The molecule has 1 saturated carbocycles. The Kier molecular flexibility index (Phi) is 7.38. The van der Waals surface area contributed by atoms with Crippen LogP contribution in [0.4, 0.5) is 0 Å². The van der Waals surface area contributed by atoms with Crippen LogP contribution in [0.25, 0.3) is 6.08 Å². The minimum Gasteiger partial charge on any atom is -0.353 e. The summed E-state index contributed by atoms with van der Waals surface area (Å²) in [6, 6.07) is 0.681. The molecule has 0 aromatic carbocycles. The van der Waals surface area contributed by atoms with Crippen LogP contribution in [0.3, 0.4) is 0 Å². The molecule has 1 aromatic rings. The Balaban J connectivity index is 1.77. The molecule has 0 unspecified atom stereocenters. The molecule has 0 atom stereocenters. The number of hydrogen-bond donors (Lipinski definition) is 1. The molecule has 144 valence electrons. The van der Waals surface area contributed by atoms with Gasteiger partial charge in [0.1, 0.15) is 0 Å². The van der Waals surface area contributed by atoms with Crippen molar-refractivity contribution in [3.8, 4) is 0 Å². The van der Waals surface area contributed by atoms with Crippen LogP contribution in [-0.2, 0) is 18.9 Å². The molecule has 7 nitrogen and oxygen atoms in total. The predicted molar refractivity (Wildman–Crippen MR) is 103 cm³/mol. The van der Waals surface area contributed by atoms with Crippen LogP contribution in [0.2, 0.25) is 0 Å². The maximum absolute atomic E-state index is 12.0. The minimum atomic E-state index is -0.411. The van der Waals surface area contributed by atoms with Crippen molar-refractivity contribution < 1.29 is 4.79 Å². The van der Waals surface area contributed by atoms with Crippen LogP contribution in [0.5, 0.6) is 0 Å². The minimum absolute atomic E-state index is 0.235. The van der Waals surface area contributed by atoms with Crippen molar-refractivity contribution >= 4 is 12.0 Å². The molecule has 7 heteroatoms. The lowest BCUT2D eigenvalue weighted by Crippen LogP contribution is -2.37. The molecular formula is C19H30N4O3. The van der Waals surface area contributed by atoms with Gasteiger partial charge in [0.2, 0.25) is 5.91 Å². The Morgan fingerprint density at radius 1 is 1.27 bits per heavy atom. The van der Waals surface area contributed by atoms with Crippen molar-refractivity contribution in [3.63, 3.8) is 0 Å². The summed E-state index contributed by atoms with van der Waals surface area (Å²) in [7, 11) is 5.15. The molecule has 0 bridgehead atoms. The van der Waals surface area contributed by atoms with Crippen LogP contribution >= 0.6 is 0 Å². The van der Waals surface area contributed by atoms with Crippen molar-refractivity contribution in [1.82, 2.24) is 19.4 Å². The predicted octanol–water partition coefficient (Wildman–Crippen LogP) is 0.868. The zero-order valence-electron chi connectivity index (χ0n) is 16.0. The fraction of sp³-hybridized carbons (Fsp3) is 0.632. The third-order valence-electron chi connectivity index (χ3n) is 5.07. The zero-order chi connectivity index (χ0) is 19.1. The molecule has 2 rings (SSSR count). The van der Waals surface area contributed by atoms with Gasteiger partial charge in [-0.1, -0.05) is 19.3 Å². The number of amides is 1. The molecule has 1 heterocycles. The van der Waals surface area contributed by atoms with E-state index in [-0.39, 0.29) is 5.91 Å². The van der Waals surface area contributed by atoms with Gasteiger partial charge >= 0.3 is 5.69 Å². The smallest absolute Gasteiger partial charge is 0.330 e. The average molecular weight is 362 g/mol. The second kappa shape index (κ2) is 9.52. The topological polar surface area (TPSA) is 76.3 Å². The van der Waals surface area contributed by atoms with Crippen LogP contribution in [0.1, 0.15) is 44.1 Å². The molecule has 1 aliphatic carbocycles. The molecule has 0 saturated heterocycles. The summed E-state index contributed by atoms with van der Waals surface area (Å²) in [4.78, 5) is 38.0. The summed E-state index contributed by atoms with van der Waals surface area (Å²) in [5, 5.41) is 2.84. The highest BCUT2D eigenvalue weighted by Gasteiger charge is 2.17. The van der Waals surface area contributed by atoms with Gasteiger partial charge in [0, 0.05) is 39.0 Å². The molecule has 1 aliphatic rings. The number of carbonyl (C=O) groups excluding carboxylic acids is 1. The Hall–Kier alpha value is -2.15. The summed E-state index contributed by atoms with van der Waals surface area (Å²) in [5.41, 5.74) is -0.494. The highest BCUT2D eigenvalue weighted by molar-refractivity contribution is 5.91. The molecule has 1 N–H and O–H groups in total. The van der Waals surface area contributed by atoms with Gasteiger partial charge in [-0.2, -0.15) is 0 Å². The number of aryl methyl sites for hydroxylation is 1. The van der Waals surface area contributed by atoms with E-state index in [1.807, 2.05) is 0 Å². The molecule has 0 spiro atoms. The Morgan fingerprint density at radius 2 is 1.96 bits per heavy atom. The van der Waals surface area contributed by atoms with Gasteiger partial charge in [0.15, 0.2) is 0 Å². The van der Waals surface area contributed by atoms with E-state index in [9.17, 15) is 14.4 Å². The summed E-state index contributed by atoms with van der Waals surface area (Å²) in [6.07, 6.45) is 11.7. The molecule has 0 aliphatic heterocycles. The molecule has 1 fully saturated rings. The fourth-order valence-corrected chi connectivity index (χ4v) is 3.42. The number of hydrogen-bond acceptors (Lipinski definition) is 4. The third-order valence-corrected chi connectivity index (χ3v) is 5.07. The summed E-state index contributed by atoms with van der Waals surface area (Å²) >= 11 is 0. The van der Waals surface area contributed by atoms with Gasteiger partial charge in [0.25, 0.3) is 5.56 Å². The lowest BCUT2D eigenvalue weighted by molar-refractivity contribution is -0.116. The van der Waals surface area contributed by atoms with E-state index in [0.29, 0.717) is 18.2 Å². The van der Waals surface area contributed by atoms with E-state index in [0.717, 1.165) is 17.5 Å². The summed E-state index contributed by atoms with van der Waals surface area (Å²) in [5.74, 6) is -0.235. The lowest BCUT2D eigenvalue weighted by atomic mass is 9.94. The second-order valence-corrected chi connectivity index (χ2v) is 7.09. The Bertz CT molecular complexity index is 757. The van der Waals surface area contributed by atoms with Crippen molar-refractivity contribution in [2.45, 2.75) is 44.6 Å². The van der Waals surface area contributed by atoms with Crippen LogP contribution in [-0.4, -0.2) is 46.1 Å². The van der Waals surface area contributed by atoms with Crippen molar-refractivity contribution in [1.29, 1.82) is 0 Å². The van der Waals surface area contributed by atoms with Crippen LogP contribution in [0.15, 0.2) is 21.9 Å². The molecule has 1 amide bonds. The van der Waals surface area contributed by atoms with Gasteiger partial charge in [0.05, 0.1) is 5.56 Å². The zero-order valence-corrected chi connectivity index (χ0v) is 16.0. The van der Waals surface area contributed by atoms with Crippen molar-refractivity contribution in [3.05, 3.63) is 38.7 Å². The van der Waals surface area contributed by atoms with E-state index in [1.54, 1.807) is 7.05 Å². The van der Waals surface area contributed by atoms with Gasteiger partial charge < -0.3 is 14.8 Å². The largest absolute Gasteiger partial charge is 0.353 e. The maximum atomic E-state index is 12.0. The monoisotopic (exact) mass is 362 g/mol. The normalized spacial score (nSPS) is 15.7. The van der Waals surface area contributed by atoms with E-state index in [1.165, 1.54) is 62.1 Å². The summed E-state index contributed by atoms with van der Waals surface area (Å²) < 4.78 is 2.35. The number of nitrogens with zero attached hydrogens (tertiary/aromatic N) is 3. The highest BCUT2D eigenvalue weighted by atomic mass is 16.2. The van der Waals surface area contributed by atoms with Gasteiger partial charge in [-0.05, 0) is 38.9 Å². The third kappa shape index (κ3) is 5.42. The fourth-order valence-electron chi connectivity index (χ4n) is 3.42. The summed E-state index contributed by atoms with van der Waals surface area (Å²) in [6.45, 7) is 1.57. The molecule has 1 aromatic heterocycles. The quantitative estimate of drug-likeness (QED) is 0.577. The standard InChI is InChI=1S/C19H30N4O3/c1-21(16-8-5-4-6-9-16)13-7-12-20-17(24)11-10-15-14-22(2)19(26)23(3)18(15)25/h10-11,14,16H,4-9,12-13H2,1-3H3,(H,20,24)/b11-10+. The second-order valence-electron chi connectivity index (χ2n) is 7.09. The SMILES string of the molecule is CN(CCCNC(=O)/C=C/c1cn(C)c(=O)n(C)c1=O)C1CCCCC1. The van der Waals surface area contributed by atoms with E-state index < -0.39 is 11.2 Å². The van der Waals surface area contributed by atoms with Crippen molar-refractivity contribution in [2.24, 2.45) is 14.1 Å². The molecule has 26 heavy (non-hydrogen) atoms. The number of nitrogens with one attached hydrogen (secondary N) is 1. The lowest BCUT2D eigenvalue weighted by Gasteiger charge is -2.31.